The second-order valence-corrected chi connectivity index (χ2v) is 6.76. The maximum absolute atomic E-state index is 13.5. The maximum atomic E-state index is 13.5. The Kier molecular flexibility index (Phi) is 5.99. The van der Waals surface area contributed by atoms with Crippen molar-refractivity contribution < 1.29 is 26.7 Å². The molecule has 6 nitrogen and oxygen atoms in total. The van der Waals surface area contributed by atoms with Crippen molar-refractivity contribution in [1.29, 1.82) is 0 Å². The first-order valence-electron chi connectivity index (χ1n) is 8.99. The number of aromatic nitrogens is 2. The van der Waals surface area contributed by atoms with Gasteiger partial charge in [0.25, 0.3) is 5.91 Å². The number of alkyl halides is 3. The number of aliphatic imine (C=N–C) groups is 2. The number of carbonyl (C=O) groups is 1. The zero-order chi connectivity index (χ0) is 22.1. The highest BCUT2D eigenvalue weighted by Crippen LogP contribution is 2.27. The van der Waals surface area contributed by atoms with Crippen molar-refractivity contribution in [3.05, 3.63) is 52.9 Å². The van der Waals surface area contributed by atoms with Gasteiger partial charge >= 0.3 is 5.92 Å². The van der Waals surface area contributed by atoms with E-state index in [2.05, 4.69) is 20.4 Å². The Morgan fingerprint density at radius 3 is 2.67 bits per heavy atom. The molecule has 0 fully saturated rings. The van der Waals surface area contributed by atoms with Crippen molar-refractivity contribution in [3.8, 4) is 0 Å². The van der Waals surface area contributed by atoms with Gasteiger partial charge in [0.15, 0.2) is 24.1 Å². The van der Waals surface area contributed by atoms with E-state index in [1.807, 2.05) is 0 Å². The summed E-state index contributed by atoms with van der Waals surface area (Å²) in [5.74, 6) is -6.31. The van der Waals surface area contributed by atoms with Crippen molar-refractivity contribution >= 4 is 17.5 Å². The summed E-state index contributed by atoms with van der Waals surface area (Å²) in [7, 11) is 1.30. The average molecular weight is 427 g/mol. The molecular formula is C19H18F5N5O. The fourth-order valence-electron chi connectivity index (χ4n) is 2.89. The number of carbonyl (C=O) groups excluding carboxylic acids is 1. The minimum Gasteiger partial charge on any atom is -0.343 e. The first-order valence-corrected chi connectivity index (χ1v) is 8.99. The molecule has 0 radical (unpaired) electrons. The Labute approximate surface area is 168 Å². The smallest absolute Gasteiger partial charge is 0.319 e. The number of nitrogens with zero attached hydrogens (tertiary/aromatic N) is 4. The Hall–Kier alpha value is -3.11. The lowest BCUT2D eigenvalue weighted by molar-refractivity contribution is -0.0325. The fraction of sp³-hybridized carbons (Fsp3) is 0.368. The summed E-state index contributed by atoms with van der Waals surface area (Å²) in [5, 5.41) is 6.14. The minimum atomic E-state index is -3.79. The third-order valence-electron chi connectivity index (χ3n) is 4.56. The van der Waals surface area contributed by atoms with E-state index in [-0.39, 0.29) is 17.1 Å². The number of benzene rings is 1. The first kappa shape index (κ1) is 21.6. The van der Waals surface area contributed by atoms with Crippen LogP contribution in [-0.4, -0.2) is 46.5 Å². The summed E-state index contributed by atoms with van der Waals surface area (Å²) in [4.78, 5) is 21.0. The summed E-state index contributed by atoms with van der Waals surface area (Å²) in [6.45, 7) is 0.0364. The van der Waals surface area contributed by atoms with Gasteiger partial charge in [0.1, 0.15) is 11.4 Å². The van der Waals surface area contributed by atoms with E-state index in [9.17, 15) is 26.7 Å². The lowest BCUT2D eigenvalue weighted by atomic mass is 10.1. The van der Waals surface area contributed by atoms with Crippen LogP contribution in [-0.2, 0) is 13.0 Å². The predicted octanol–water partition coefficient (Wildman–Crippen LogP) is 3.17. The van der Waals surface area contributed by atoms with Gasteiger partial charge in [0.2, 0.25) is 0 Å². The second kappa shape index (κ2) is 8.33. The molecule has 11 heteroatoms. The number of hydrogen-bond acceptors (Lipinski definition) is 4. The Morgan fingerprint density at radius 1 is 1.27 bits per heavy atom. The van der Waals surface area contributed by atoms with Gasteiger partial charge in [0.05, 0.1) is 6.04 Å². The molecule has 0 saturated heterocycles. The van der Waals surface area contributed by atoms with Crippen LogP contribution in [0.1, 0.15) is 35.1 Å². The number of amidine groups is 1. The highest BCUT2D eigenvalue weighted by atomic mass is 19.3. The Balaban J connectivity index is 1.76. The summed E-state index contributed by atoms with van der Waals surface area (Å²) in [6.07, 6.45) is 0.408. The lowest BCUT2D eigenvalue weighted by Gasteiger charge is -2.19. The zero-order valence-electron chi connectivity index (χ0n) is 16.1. The SMILES string of the molecule is CC(NC(=O)c1cc(C(F)(F)CF)nn1C)C1=NC(c2ccc(F)c(F)c2)=NCC1. The number of hydrogen-bond donors (Lipinski definition) is 1. The van der Waals surface area contributed by atoms with E-state index >= 15 is 0 Å². The van der Waals surface area contributed by atoms with E-state index < -0.39 is 41.9 Å². The molecule has 2 aromatic rings. The Bertz CT molecular complexity index is 1030. The van der Waals surface area contributed by atoms with Crippen LogP contribution in [0, 0.1) is 11.6 Å². The van der Waals surface area contributed by atoms with Gasteiger partial charge in [0, 0.05) is 31.3 Å². The van der Waals surface area contributed by atoms with Gasteiger partial charge in [-0.15, -0.1) is 0 Å². The highest BCUT2D eigenvalue weighted by molar-refractivity contribution is 6.10. The van der Waals surface area contributed by atoms with Crippen molar-refractivity contribution in [3.63, 3.8) is 0 Å². The quantitative estimate of drug-likeness (QED) is 0.720. The van der Waals surface area contributed by atoms with Crippen LogP contribution in [0.25, 0.3) is 0 Å². The molecule has 30 heavy (non-hydrogen) atoms. The largest absolute Gasteiger partial charge is 0.343 e. The molecule has 1 aliphatic heterocycles. The maximum Gasteiger partial charge on any atom is 0.319 e. The number of amides is 1. The number of rotatable bonds is 6. The molecule has 1 aromatic carbocycles. The molecule has 0 aliphatic carbocycles. The minimum absolute atomic E-state index is 0.170. The predicted molar refractivity (Wildman–Crippen MR) is 99.8 cm³/mol. The third kappa shape index (κ3) is 4.39. The van der Waals surface area contributed by atoms with Crippen LogP contribution < -0.4 is 5.32 Å². The summed E-state index contributed by atoms with van der Waals surface area (Å²) in [5.41, 5.74) is -0.201. The normalized spacial score (nSPS) is 15.4. The van der Waals surface area contributed by atoms with Crippen LogP contribution >= 0.6 is 0 Å². The topological polar surface area (TPSA) is 71.6 Å². The van der Waals surface area contributed by atoms with Crippen LogP contribution in [0.15, 0.2) is 34.3 Å². The van der Waals surface area contributed by atoms with E-state index in [4.69, 9.17) is 0 Å². The molecule has 1 unspecified atom stereocenters. The van der Waals surface area contributed by atoms with Crippen molar-refractivity contribution in [2.75, 3.05) is 13.2 Å². The van der Waals surface area contributed by atoms with Crippen molar-refractivity contribution in [2.45, 2.75) is 25.3 Å². The molecule has 1 atom stereocenters. The molecule has 3 rings (SSSR count). The van der Waals surface area contributed by atoms with Gasteiger partial charge in [-0.05, 0) is 31.2 Å². The molecule has 160 valence electrons. The molecule has 2 heterocycles. The monoisotopic (exact) mass is 427 g/mol. The van der Waals surface area contributed by atoms with Crippen LogP contribution in [0.5, 0.6) is 0 Å². The van der Waals surface area contributed by atoms with E-state index in [0.717, 1.165) is 22.9 Å². The van der Waals surface area contributed by atoms with E-state index in [0.29, 0.717) is 18.7 Å². The molecule has 0 saturated carbocycles. The highest BCUT2D eigenvalue weighted by Gasteiger charge is 2.36. The van der Waals surface area contributed by atoms with E-state index in [1.54, 1.807) is 6.92 Å². The van der Waals surface area contributed by atoms with E-state index in [1.165, 1.54) is 13.1 Å². The standard InChI is InChI=1S/C19H18F5N5O/c1-10(26-18(30)15-8-16(28-29(15)2)19(23,24)9-20)14-5-6-25-17(27-14)11-3-4-12(21)13(22)7-11/h3-4,7-8,10H,5-6,9H2,1-2H3,(H,26,30). The molecular weight excluding hydrogens is 409 g/mol. The average Bonchev–Trinajstić information content (AvgIpc) is 3.12. The Morgan fingerprint density at radius 2 is 2.00 bits per heavy atom. The second-order valence-electron chi connectivity index (χ2n) is 6.76. The molecule has 1 aromatic heterocycles. The van der Waals surface area contributed by atoms with Crippen molar-refractivity contribution in [2.24, 2.45) is 17.0 Å². The molecule has 0 bridgehead atoms. The van der Waals surface area contributed by atoms with Gasteiger partial charge in [-0.2, -0.15) is 13.9 Å². The molecule has 1 aliphatic rings. The van der Waals surface area contributed by atoms with Crippen molar-refractivity contribution in [1.82, 2.24) is 15.1 Å². The summed E-state index contributed by atoms with van der Waals surface area (Å²) >= 11 is 0. The number of aryl methyl sites for hydroxylation is 1. The zero-order valence-corrected chi connectivity index (χ0v) is 16.1. The van der Waals surface area contributed by atoms with Gasteiger partial charge < -0.3 is 5.32 Å². The van der Waals surface area contributed by atoms with Gasteiger partial charge in [-0.3, -0.25) is 14.5 Å². The third-order valence-corrected chi connectivity index (χ3v) is 4.56. The summed E-state index contributed by atoms with van der Waals surface area (Å²) < 4.78 is 67.0. The number of halogens is 5. The molecule has 1 N–H and O–H groups in total. The lowest BCUT2D eigenvalue weighted by Crippen LogP contribution is -2.40. The van der Waals surface area contributed by atoms with Crippen LogP contribution in [0.2, 0.25) is 0 Å². The van der Waals surface area contributed by atoms with Gasteiger partial charge in [-0.1, -0.05) is 0 Å². The first-order chi connectivity index (χ1) is 14.1. The fourth-order valence-corrected chi connectivity index (χ4v) is 2.89. The van der Waals surface area contributed by atoms with Crippen LogP contribution in [0.3, 0.4) is 0 Å². The molecule has 0 spiro atoms. The van der Waals surface area contributed by atoms with Gasteiger partial charge in [-0.25, -0.2) is 18.2 Å². The molecule has 1 amide bonds. The summed E-state index contributed by atoms with van der Waals surface area (Å²) in [6, 6.07) is 3.52. The van der Waals surface area contributed by atoms with Crippen LogP contribution in [0.4, 0.5) is 22.0 Å². The number of nitrogens with one attached hydrogen (secondary N) is 1.